The van der Waals surface area contributed by atoms with Crippen LogP contribution in [0.1, 0.15) is 0 Å². The molecule has 0 aromatic heterocycles. The van der Waals surface area contributed by atoms with Crippen LogP contribution in [0.15, 0.2) is 4.99 Å². The highest BCUT2D eigenvalue weighted by atomic mass is 16.4. The van der Waals surface area contributed by atoms with Gasteiger partial charge in [-0.25, -0.2) is 9.59 Å². The molecule has 1 aliphatic rings. The number of nitrogens with one attached hydrogen (secondary N) is 1. The lowest BCUT2D eigenvalue weighted by molar-refractivity contribution is -0.137. The Morgan fingerprint density at radius 3 is 2.54 bits per heavy atom. The minimum Gasteiger partial charge on any atom is -0.477 e. The van der Waals surface area contributed by atoms with Crippen LogP contribution in [0.3, 0.4) is 0 Å². The molecule has 1 unspecified atom stereocenters. The highest BCUT2D eigenvalue weighted by Crippen LogP contribution is 2.05. The maximum absolute atomic E-state index is 10.8. The van der Waals surface area contributed by atoms with Crippen LogP contribution in [0.4, 0.5) is 4.79 Å². The molecule has 0 spiro atoms. The van der Waals surface area contributed by atoms with E-state index in [-0.39, 0.29) is 0 Å². The van der Waals surface area contributed by atoms with Crippen LogP contribution in [0.2, 0.25) is 0 Å². The van der Waals surface area contributed by atoms with Gasteiger partial charge < -0.3 is 10.2 Å². The summed E-state index contributed by atoms with van der Waals surface area (Å²) >= 11 is 0. The van der Waals surface area contributed by atoms with Gasteiger partial charge in [0.05, 0.1) is 0 Å². The summed E-state index contributed by atoms with van der Waals surface area (Å²) in [5.41, 5.74) is 1.05. The Kier molecular flexibility index (Phi) is 1.86. The summed E-state index contributed by atoms with van der Waals surface area (Å²) in [5.74, 6) is -3.04. The van der Waals surface area contributed by atoms with Gasteiger partial charge in [0.2, 0.25) is 5.72 Å². The molecule has 3 amide bonds. The summed E-state index contributed by atoms with van der Waals surface area (Å²) in [6.45, 7) is 0. The normalized spacial score (nSPS) is 28.0. The largest absolute Gasteiger partial charge is 0.477 e. The van der Waals surface area contributed by atoms with Crippen molar-refractivity contribution in [3.63, 3.8) is 0 Å². The van der Waals surface area contributed by atoms with Crippen molar-refractivity contribution in [1.82, 2.24) is 5.32 Å². The maximum Gasteiger partial charge on any atom is 0.355 e. The monoisotopic (exact) mass is 187 g/mol. The number of carboxylic acids is 1. The molecule has 1 aliphatic heterocycles. The summed E-state index contributed by atoms with van der Waals surface area (Å²) in [5, 5.41) is 19.0. The van der Waals surface area contributed by atoms with E-state index in [2.05, 4.69) is 4.99 Å². The molecular formula is C5H5N3O5. The van der Waals surface area contributed by atoms with E-state index in [0.29, 0.717) is 0 Å². The fourth-order valence-electron chi connectivity index (χ4n) is 0.726. The molecule has 1 heterocycles. The second-order valence-corrected chi connectivity index (χ2v) is 2.29. The number of carboxylic acid groups (broad SMARTS) is 1. The lowest BCUT2D eigenvalue weighted by atomic mass is 10.1. The van der Waals surface area contributed by atoms with E-state index in [1.807, 2.05) is 0 Å². The number of hydrogen-bond acceptors (Lipinski definition) is 5. The van der Waals surface area contributed by atoms with E-state index in [1.165, 1.54) is 0 Å². The topological polar surface area (TPSA) is 142 Å². The van der Waals surface area contributed by atoms with Gasteiger partial charge in [-0.3, -0.25) is 15.8 Å². The molecule has 0 aliphatic carbocycles. The third-order valence-electron chi connectivity index (χ3n) is 1.34. The number of carbonyl (C=O) groups is 3. The number of rotatable bonds is 1. The molecule has 0 aromatic carbocycles. The molecule has 1 atom stereocenters. The van der Waals surface area contributed by atoms with Crippen LogP contribution in [0.25, 0.3) is 0 Å². The fraction of sp³-hybridized carbons (Fsp3) is 0.200. The van der Waals surface area contributed by atoms with Gasteiger partial charge in [-0.05, 0) is 0 Å². The smallest absolute Gasteiger partial charge is 0.355 e. The number of aliphatic imine (C=N–C) groups is 1. The molecule has 0 aromatic rings. The van der Waals surface area contributed by atoms with Gasteiger partial charge in [0.25, 0.3) is 5.91 Å². The molecular weight excluding hydrogens is 182 g/mol. The molecule has 8 heteroatoms. The average molecular weight is 187 g/mol. The Balaban J connectivity index is 3.22. The summed E-state index contributed by atoms with van der Waals surface area (Å²) in [6.07, 6.45) is 0. The van der Waals surface area contributed by atoms with Crippen LogP contribution >= 0.6 is 0 Å². The van der Waals surface area contributed by atoms with Crippen LogP contribution in [0.5, 0.6) is 0 Å². The molecule has 0 radical (unpaired) electrons. The standard InChI is InChI=1S/C5H5N3O5/c6-5(13)1(2(9)10)7-4(12)8-3(5)11/h13H,6H2,(H,9,10)(H,8,11,12). The predicted octanol–water partition coefficient (Wildman–Crippen LogP) is -2.59. The number of nitrogens with zero attached hydrogens (tertiary/aromatic N) is 1. The second-order valence-electron chi connectivity index (χ2n) is 2.29. The van der Waals surface area contributed by atoms with Gasteiger partial charge in [-0.1, -0.05) is 0 Å². The zero-order chi connectivity index (χ0) is 10.2. The number of amides is 3. The van der Waals surface area contributed by atoms with Crippen LogP contribution in [-0.4, -0.2) is 39.6 Å². The molecule has 0 fully saturated rings. The van der Waals surface area contributed by atoms with Crippen LogP contribution < -0.4 is 11.1 Å². The molecule has 13 heavy (non-hydrogen) atoms. The van der Waals surface area contributed by atoms with Crippen molar-refractivity contribution >= 4 is 23.6 Å². The van der Waals surface area contributed by atoms with Crippen LogP contribution in [-0.2, 0) is 9.59 Å². The molecule has 70 valence electrons. The SMILES string of the molecule is NC1(O)C(=O)NC(=O)N=C1C(=O)O. The fourth-order valence-corrected chi connectivity index (χ4v) is 0.726. The predicted molar refractivity (Wildman–Crippen MR) is 37.7 cm³/mol. The number of carbonyl (C=O) groups excluding carboxylic acids is 2. The quantitative estimate of drug-likeness (QED) is 0.332. The first kappa shape index (κ1) is 9.29. The number of urea groups is 1. The summed E-state index contributed by atoms with van der Waals surface area (Å²) in [4.78, 5) is 34.5. The van der Waals surface area contributed by atoms with Crippen molar-refractivity contribution in [2.24, 2.45) is 10.7 Å². The van der Waals surface area contributed by atoms with Gasteiger partial charge in [0, 0.05) is 0 Å². The van der Waals surface area contributed by atoms with E-state index in [0.717, 1.165) is 0 Å². The van der Waals surface area contributed by atoms with Gasteiger partial charge >= 0.3 is 12.0 Å². The van der Waals surface area contributed by atoms with E-state index < -0.39 is 29.3 Å². The molecule has 5 N–H and O–H groups in total. The summed E-state index contributed by atoms with van der Waals surface area (Å²) in [6, 6.07) is -1.17. The Hall–Kier alpha value is -1.80. The van der Waals surface area contributed by atoms with Crippen molar-refractivity contribution in [2.45, 2.75) is 5.72 Å². The first-order chi connectivity index (χ1) is 5.85. The van der Waals surface area contributed by atoms with Crippen molar-refractivity contribution in [1.29, 1.82) is 0 Å². The molecule has 8 nitrogen and oxygen atoms in total. The number of nitrogens with two attached hydrogens (primary N) is 1. The van der Waals surface area contributed by atoms with Gasteiger partial charge in [0.15, 0.2) is 5.71 Å². The minimum absolute atomic E-state index is 1.10. The molecule has 0 bridgehead atoms. The van der Waals surface area contributed by atoms with E-state index in [9.17, 15) is 14.4 Å². The lowest BCUT2D eigenvalue weighted by Gasteiger charge is -2.23. The van der Waals surface area contributed by atoms with Crippen molar-refractivity contribution in [3.05, 3.63) is 0 Å². The van der Waals surface area contributed by atoms with Gasteiger partial charge in [-0.2, -0.15) is 4.99 Å². The number of aliphatic hydroxyl groups is 1. The Morgan fingerprint density at radius 1 is 1.54 bits per heavy atom. The number of aliphatic carboxylic acids is 1. The lowest BCUT2D eigenvalue weighted by Crippen LogP contribution is -2.65. The third-order valence-corrected chi connectivity index (χ3v) is 1.34. The summed E-state index contributed by atoms with van der Waals surface area (Å²) < 4.78 is 0. The zero-order valence-corrected chi connectivity index (χ0v) is 6.14. The first-order valence-electron chi connectivity index (χ1n) is 3.05. The molecule has 0 saturated heterocycles. The van der Waals surface area contributed by atoms with Crippen molar-refractivity contribution < 1.29 is 24.6 Å². The number of hydrogen-bond donors (Lipinski definition) is 4. The molecule has 0 saturated carbocycles. The average Bonchev–Trinajstić information content (AvgIpc) is 1.96. The second kappa shape index (κ2) is 2.61. The summed E-state index contributed by atoms with van der Waals surface area (Å²) in [7, 11) is 0. The van der Waals surface area contributed by atoms with Crippen LogP contribution in [0, 0.1) is 0 Å². The molecule has 1 rings (SSSR count). The number of imide groups is 1. The Morgan fingerprint density at radius 2 is 2.08 bits per heavy atom. The third kappa shape index (κ3) is 1.39. The van der Waals surface area contributed by atoms with Gasteiger partial charge in [0.1, 0.15) is 0 Å². The minimum atomic E-state index is -2.76. The zero-order valence-electron chi connectivity index (χ0n) is 6.14. The Bertz CT molecular complexity index is 331. The highest BCUT2D eigenvalue weighted by molar-refractivity contribution is 6.46. The maximum atomic E-state index is 10.8. The van der Waals surface area contributed by atoms with Gasteiger partial charge in [-0.15, -0.1) is 0 Å². The van der Waals surface area contributed by atoms with E-state index in [1.54, 1.807) is 5.32 Å². The Labute approximate surface area is 71.1 Å². The first-order valence-corrected chi connectivity index (χ1v) is 3.05. The van der Waals surface area contributed by atoms with E-state index in [4.69, 9.17) is 15.9 Å². The van der Waals surface area contributed by atoms with E-state index >= 15 is 0 Å². The highest BCUT2D eigenvalue weighted by Gasteiger charge is 2.45. The van der Waals surface area contributed by atoms with Crippen molar-refractivity contribution in [3.8, 4) is 0 Å². The van der Waals surface area contributed by atoms with Crippen molar-refractivity contribution in [2.75, 3.05) is 0 Å².